The summed E-state index contributed by atoms with van der Waals surface area (Å²) in [5.74, 6) is 0.436. The number of nitrogens with one attached hydrogen (secondary N) is 2. The fourth-order valence-electron chi connectivity index (χ4n) is 4.54. The zero-order valence-electron chi connectivity index (χ0n) is 24.5. The highest BCUT2D eigenvalue weighted by molar-refractivity contribution is 5.91. The molecule has 0 aliphatic rings. The average Bonchev–Trinajstić information content (AvgIpc) is 2.80. The van der Waals surface area contributed by atoms with Crippen LogP contribution in [0.4, 0.5) is 0 Å². The van der Waals surface area contributed by atoms with Crippen LogP contribution in [0, 0.1) is 17.8 Å². The van der Waals surface area contributed by atoms with Crippen LogP contribution in [0.2, 0.25) is 0 Å². The van der Waals surface area contributed by atoms with Crippen molar-refractivity contribution in [1.82, 2.24) is 15.5 Å². The molecule has 0 rings (SSSR count). The van der Waals surface area contributed by atoms with Crippen molar-refractivity contribution in [1.29, 1.82) is 0 Å². The maximum Gasteiger partial charge on any atom is 0.237 e. The van der Waals surface area contributed by atoms with Gasteiger partial charge in [0.1, 0.15) is 0 Å². The summed E-state index contributed by atoms with van der Waals surface area (Å²) in [6, 6.07) is -1.28. The number of carbonyl (C=O) groups is 3. The molecule has 210 valence electrons. The number of likely N-dealkylation sites (N-methyl/N-ethyl adjacent to an activating group) is 2. The Hall–Kier alpha value is -1.57. The summed E-state index contributed by atoms with van der Waals surface area (Å²) < 4.78 is 0. The van der Waals surface area contributed by atoms with Gasteiger partial charge < -0.3 is 15.7 Å². The molecule has 0 saturated heterocycles. The van der Waals surface area contributed by atoms with E-state index in [4.69, 9.17) is 0 Å². The van der Waals surface area contributed by atoms with Crippen molar-refractivity contribution in [3.05, 3.63) is 12.2 Å². The van der Waals surface area contributed by atoms with Crippen LogP contribution in [0.3, 0.4) is 0 Å². The first-order valence-electron chi connectivity index (χ1n) is 13.9. The molecule has 0 fully saturated rings. The first-order chi connectivity index (χ1) is 16.9. The Balaban J connectivity index is 4.60. The Kier molecular flexibility index (Phi) is 17.8. The lowest BCUT2D eigenvalue weighted by molar-refractivity contribution is -0.130. The second-order valence-corrected chi connectivity index (χ2v) is 11.2. The summed E-state index contributed by atoms with van der Waals surface area (Å²) in [7, 11) is 5.45. The zero-order chi connectivity index (χ0) is 27.8. The lowest BCUT2D eigenvalue weighted by Crippen LogP contribution is -2.51. The van der Waals surface area contributed by atoms with Gasteiger partial charge in [-0.05, 0) is 71.5 Å². The predicted molar refractivity (Wildman–Crippen MR) is 149 cm³/mol. The fourth-order valence-corrected chi connectivity index (χ4v) is 4.54. The Morgan fingerprint density at radius 1 is 0.917 bits per heavy atom. The van der Waals surface area contributed by atoms with E-state index in [1.54, 1.807) is 7.05 Å². The number of amides is 1. The van der Waals surface area contributed by atoms with E-state index >= 15 is 0 Å². The van der Waals surface area contributed by atoms with E-state index in [0.717, 1.165) is 38.5 Å². The van der Waals surface area contributed by atoms with Gasteiger partial charge in [0.2, 0.25) is 5.91 Å². The number of carbonyl (C=O) groups excluding carboxylic acids is 3. The number of rotatable bonds is 20. The maximum absolute atomic E-state index is 12.8. The van der Waals surface area contributed by atoms with Gasteiger partial charge in [-0.3, -0.25) is 19.3 Å². The summed E-state index contributed by atoms with van der Waals surface area (Å²) in [5.41, 5.74) is 0. The van der Waals surface area contributed by atoms with Gasteiger partial charge in [-0.25, -0.2) is 0 Å². The minimum atomic E-state index is -0.701. The van der Waals surface area contributed by atoms with Crippen molar-refractivity contribution in [2.45, 2.75) is 117 Å². The summed E-state index contributed by atoms with van der Waals surface area (Å²) in [4.78, 5) is 40.2. The molecule has 3 N–H and O–H groups in total. The summed E-state index contributed by atoms with van der Waals surface area (Å²) in [5, 5.41) is 16.8. The Bertz CT molecular complexity index is 675. The Labute approximate surface area is 220 Å². The predicted octanol–water partition coefficient (Wildman–Crippen LogP) is 4.13. The maximum atomic E-state index is 12.8. The van der Waals surface area contributed by atoms with E-state index in [1.165, 1.54) is 0 Å². The molecular formula is C29H55N3O4. The number of Topliss-reactive ketones (excluding diaryl/α,β-unsaturated/α-hetero) is 2. The molecule has 0 aromatic carbocycles. The quantitative estimate of drug-likeness (QED) is 0.169. The summed E-state index contributed by atoms with van der Waals surface area (Å²) in [6.45, 7) is 12.0. The molecule has 7 nitrogen and oxygen atoms in total. The number of ketones is 2. The van der Waals surface area contributed by atoms with E-state index < -0.39 is 18.2 Å². The topological polar surface area (TPSA) is 98.7 Å². The number of aliphatic hydroxyl groups is 1. The molecule has 0 heterocycles. The first kappa shape index (κ1) is 34.4. The minimum Gasteiger partial charge on any atom is -0.391 e. The Morgan fingerprint density at radius 2 is 1.47 bits per heavy atom. The van der Waals surface area contributed by atoms with Gasteiger partial charge in [0.05, 0.1) is 24.2 Å². The van der Waals surface area contributed by atoms with Gasteiger partial charge in [-0.15, -0.1) is 0 Å². The van der Waals surface area contributed by atoms with Gasteiger partial charge >= 0.3 is 0 Å². The lowest BCUT2D eigenvalue weighted by atomic mass is 9.89. The SMILES string of the molecule is C/C=C/C[C@@H](C)[C@@H](O)[C@@H](C(=O)CCCCCCC(=O)[C@@H](NC(=O)[C@H](CC(C)C)NC)C(C)C)N(C)C. The number of nitrogens with zero attached hydrogens (tertiary/aromatic N) is 1. The smallest absolute Gasteiger partial charge is 0.237 e. The molecule has 0 bridgehead atoms. The largest absolute Gasteiger partial charge is 0.391 e. The monoisotopic (exact) mass is 509 g/mol. The summed E-state index contributed by atoms with van der Waals surface area (Å²) in [6.07, 6.45) is 8.81. The van der Waals surface area contributed by atoms with Gasteiger partial charge in [0, 0.05) is 12.8 Å². The van der Waals surface area contributed by atoms with Crippen LogP contribution in [-0.2, 0) is 14.4 Å². The molecule has 0 aliphatic heterocycles. The van der Waals surface area contributed by atoms with Gasteiger partial charge in [0.25, 0.3) is 0 Å². The molecule has 5 atom stereocenters. The van der Waals surface area contributed by atoms with Crippen molar-refractivity contribution in [2.75, 3.05) is 21.1 Å². The van der Waals surface area contributed by atoms with Gasteiger partial charge in [0.15, 0.2) is 11.6 Å². The number of hydrogen-bond acceptors (Lipinski definition) is 6. The normalized spacial score (nSPS) is 16.4. The molecule has 0 aromatic rings. The third kappa shape index (κ3) is 13.1. The second-order valence-electron chi connectivity index (χ2n) is 11.2. The number of hydrogen-bond donors (Lipinski definition) is 3. The molecule has 0 radical (unpaired) electrons. The fraction of sp³-hybridized carbons (Fsp3) is 0.828. The van der Waals surface area contributed by atoms with E-state index in [2.05, 4.69) is 24.5 Å². The third-order valence-electron chi connectivity index (χ3n) is 6.82. The molecule has 0 aliphatic carbocycles. The van der Waals surface area contributed by atoms with Crippen LogP contribution in [-0.4, -0.2) is 72.9 Å². The van der Waals surface area contributed by atoms with Crippen molar-refractivity contribution in [3.8, 4) is 0 Å². The highest BCUT2D eigenvalue weighted by atomic mass is 16.3. The average molecular weight is 510 g/mol. The molecule has 7 heteroatoms. The highest BCUT2D eigenvalue weighted by Gasteiger charge is 2.31. The van der Waals surface area contributed by atoms with Crippen LogP contribution in [0.15, 0.2) is 12.2 Å². The highest BCUT2D eigenvalue weighted by Crippen LogP contribution is 2.19. The number of allylic oxidation sites excluding steroid dienone is 2. The van der Waals surface area contributed by atoms with E-state index in [1.807, 2.05) is 58.8 Å². The van der Waals surface area contributed by atoms with E-state index in [9.17, 15) is 19.5 Å². The summed E-state index contributed by atoms with van der Waals surface area (Å²) >= 11 is 0. The molecular weight excluding hydrogens is 454 g/mol. The standard InChI is InChI=1S/C29H55N3O4/c1-10-11-16-22(6)28(35)27(32(8)9)25(34)18-15-13-12-14-17-24(33)26(21(4)5)31-29(36)23(30-7)19-20(2)3/h10-11,20-23,26-28,30,35H,12-19H2,1-9H3,(H,31,36)/b11-10+/t22-,23+,26+,27-,28-/m1/s1. The van der Waals surface area contributed by atoms with Crippen molar-refractivity contribution in [2.24, 2.45) is 17.8 Å². The number of aliphatic hydroxyl groups excluding tert-OH is 1. The molecule has 0 spiro atoms. The van der Waals surface area contributed by atoms with E-state index in [-0.39, 0.29) is 35.4 Å². The zero-order valence-corrected chi connectivity index (χ0v) is 24.5. The molecule has 36 heavy (non-hydrogen) atoms. The van der Waals surface area contributed by atoms with Gasteiger partial charge in [-0.2, -0.15) is 0 Å². The van der Waals surface area contributed by atoms with Crippen LogP contribution in [0.25, 0.3) is 0 Å². The van der Waals surface area contributed by atoms with Crippen LogP contribution >= 0.6 is 0 Å². The number of unbranched alkanes of at least 4 members (excludes halogenated alkanes) is 3. The van der Waals surface area contributed by atoms with Crippen LogP contribution in [0.1, 0.15) is 92.9 Å². The second kappa shape index (κ2) is 18.6. The molecule has 1 amide bonds. The minimum absolute atomic E-state index is 0.00622. The van der Waals surface area contributed by atoms with Crippen LogP contribution in [0.5, 0.6) is 0 Å². The van der Waals surface area contributed by atoms with Crippen molar-refractivity contribution < 1.29 is 19.5 Å². The third-order valence-corrected chi connectivity index (χ3v) is 6.82. The first-order valence-corrected chi connectivity index (χ1v) is 13.9. The molecule has 0 saturated carbocycles. The van der Waals surface area contributed by atoms with E-state index in [0.29, 0.717) is 18.8 Å². The van der Waals surface area contributed by atoms with Crippen LogP contribution < -0.4 is 10.6 Å². The molecule has 0 aromatic heterocycles. The van der Waals surface area contributed by atoms with Crippen molar-refractivity contribution in [3.63, 3.8) is 0 Å². The lowest BCUT2D eigenvalue weighted by Gasteiger charge is -2.31. The van der Waals surface area contributed by atoms with Gasteiger partial charge in [-0.1, -0.05) is 59.6 Å². The molecule has 0 unspecified atom stereocenters. The Morgan fingerprint density at radius 3 is 1.92 bits per heavy atom. The van der Waals surface area contributed by atoms with Crippen molar-refractivity contribution >= 4 is 17.5 Å².